The number of amides is 1. The fourth-order valence-corrected chi connectivity index (χ4v) is 2.48. The molecule has 0 bridgehead atoms. The van der Waals surface area contributed by atoms with Gasteiger partial charge in [0.25, 0.3) is 0 Å². The second-order valence-electron chi connectivity index (χ2n) is 3.52. The number of anilines is 1. The topological polar surface area (TPSA) is 68.0 Å². The van der Waals surface area contributed by atoms with E-state index in [1.54, 1.807) is 29.1 Å². The number of thiazole rings is 1. The maximum atomic E-state index is 11.4. The molecule has 94 valence electrons. The van der Waals surface area contributed by atoms with Crippen LogP contribution in [0.4, 0.5) is 5.69 Å². The third-order valence-electron chi connectivity index (χ3n) is 2.26. The standard InChI is InChI=1S/C11H9BrClN3OS/c12-7-3-6(1-2-8(7)13)16-10(11(14)17)9-4-18-5-15-9/h1-5,10,16H,(H2,14,17). The average Bonchev–Trinajstić information content (AvgIpc) is 2.83. The van der Waals surface area contributed by atoms with Crippen molar-refractivity contribution in [2.75, 3.05) is 5.32 Å². The number of carbonyl (C=O) groups is 1. The van der Waals surface area contributed by atoms with Crippen molar-refractivity contribution < 1.29 is 4.79 Å². The van der Waals surface area contributed by atoms with Gasteiger partial charge in [0, 0.05) is 15.5 Å². The van der Waals surface area contributed by atoms with Crippen LogP contribution in [0.2, 0.25) is 5.02 Å². The molecule has 0 radical (unpaired) electrons. The van der Waals surface area contributed by atoms with Gasteiger partial charge in [0.15, 0.2) is 0 Å². The Balaban J connectivity index is 2.24. The third kappa shape index (κ3) is 3.01. The lowest BCUT2D eigenvalue weighted by molar-refractivity contribution is -0.118. The Morgan fingerprint density at radius 2 is 2.33 bits per heavy atom. The molecule has 0 saturated carbocycles. The van der Waals surface area contributed by atoms with Crippen LogP contribution >= 0.6 is 38.9 Å². The summed E-state index contributed by atoms with van der Waals surface area (Å²) in [5.74, 6) is -0.480. The van der Waals surface area contributed by atoms with E-state index in [4.69, 9.17) is 17.3 Å². The van der Waals surface area contributed by atoms with E-state index in [-0.39, 0.29) is 0 Å². The average molecular weight is 347 g/mol. The van der Waals surface area contributed by atoms with Gasteiger partial charge in [-0.1, -0.05) is 11.6 Å². The van der Waals surface area contributed by atoms with Crippen molar-refractivity contribution in [2.24, 2.45) is 5.73 Å². The fourth-order valence-electron chi connectivity index (χ4n) is 1.41. The number of nitrogens with two attached hydrogens (primary N) is 1. The molecule has 2 rings (SSSR count). The zero-order valence-electron chi connectivity index (χ0n) is 9.06. The minimum absolute atomic E-state index is 0.480. The van der Waals surface area contributed by atoms with Crippen molar-refractivity contribution in [3.63, 3.8) is 0 Å². The molecule has 1 amide bonds. The first-order chi connectivity index (χ1) is 8.58. The van der Waals surface area contributed by atoms with Crippen molar-refractivity contribution in [2.45, 2.75) is 6.04 Å². The van der Waals surface area contributed by atoms with Crippen LogP contribution in [0.3, 0.4) is 0 Å². The quantitative estimate of drug-likeness (QED) is 0.893. The van der Waals surface area contributed by atoms with Crippen LogP contribution in [0.5, 0.6) is 0 Å². The molecule has 3 N–H and O–H groups in total. The van der Waals surface area contributed by atoms with E-state index in [1.165, 1.54) is 11.3 Å². The fraction of sp³-hybridized carbons (Fsp3) is 0.0909. The zero-order chi connectivity index (χ0) is 13.1. The van der Waals surface area contributed by atoms with Crippen molar-refractivity contribution >= 4 is 50.5 Å². The maximum absolute atomic E-state index is 11.4. The molecule has 1 unspecified atom stereocenters. The highest BCUT2D eigenvalue weighted by molar-refractivity contribution is 9.10. The molecule has 1 aromatic heterocycles. The van der Waals surface area contributed by atoms with Crippen LogP contribution in [0, 0.1) is 0 Å². The SMILES string of the molecule is NC(=O)C(Nc1ccc(Cl)c(Br)c1)c1cscn1. The number of carbonyl (C=O) groups excluding carboxylic acids is 1. The molecule has 0 aliphatic carbocycles. The van der Waals surface area contributed by atoms with Crippen molar-refractivity contribution in [1.29, 1.82) is 0 Å². The van der Waals surface area contributed by atoms with Gasteiger partial charge in [0.2, 0.25) is 5.91 Å². The minimum atomic E-state index is -0.649. The van der Waals surface area contributed by atoms with Gasteiger partial charge in [-0.05, 0) is 34.1 Å². The first-order valence-corrected chi connectivity index (χ1v) is 7.08. The summed E-state index contributed by atoms with van der Waals surface area (Å²) in [5.41, 5.74) is 8.38. The highest BCUT2D eigenvalue weighted by Crippen LogP contribution is 2.27. The molecule has 0 aliphatic heterocycles. The first-order valence-electron chi connectivity index (χ1n) is 4.97. The molecular weight excluding hydrogens is 338 g/mol. The summed E-state index contributed by atoms with van der Waals surface area (Å²) in [7, 11) is 0. The lowest BCUT2D eigenvalue weighted by atomic mass is 10.2. The summed E-state index contributed by atoms with van der Waals surface area (Å²) >= 11 is 10.6. The van der Waals surface area contributed by atoms with E-state index in [9.17, 15) is 4.79 Å². The lowest BCUT2D eigenvalue weighted by Gasteiger charge is -2.15. The van der Waals surface area contributed by atoms with Crippen LogP contribution in [0.1, 0.15) is 11.7 Å². The molecule has 0 aliphatic rings. The normalized spacial score (nSPS) is 12.1. The summed E-state index contributed by atoms with van der Waals surface area (Å²) in [5, 5.41) is 5.42. The van der Waals surface area contributed by atoms with E-state index < -0.39 is 11.9 Å². The molecule has 18 heavy (non-hydrogen) atoms. The molecule has 0 spiro atoms. The molecular formula is C11H9BrClN3OS. The van der Waals surface area contributed by atoms with E-state index >= 15 is 0 Å². The van der Waals surface area contributed by atoms with Gasteiger partial charge in [0.05, 0.1) is 16.2 Å². The highest BCUT2D eigenvalue weighted by atomic mass is 79.9. The van der Waals surface area contributed by atoms with Gasteiger partial charge in [-0.2, -0.15) is 0 Å². The van der Waals surface area contributed by atoms with Gasteiger partial charge in [0.1, 0.15) is 6.04 Å². The smallest absolute Gasteiger partial charge is 0.246 e. The number of halogens is 2. The minimum Gasteiger partial charge on any atom is -0.369 e. The second-order valence-corrected chi connectivity index (χ2v) is 5.50. The Labute approximate surface area is 121 Å². The molecule has 1 aromatic carbocycles. The number of aromatic nitrogens is 1. The summed E-state index contributed by atoms with van der Waals surface area (Å²) in [6.07, 6.45) is 0. The largest absolute Gasteiger partial charge is 0.369 e. The Morgan fingerprint density at radius 1 is 1.56 bits per heavy atom. The van der Waals surface area contributed by atoms with Gasteiger partial charge in [-0.3, -0.25) is 4.79 Å². The maximum Gasteiger partial charge on any atom is 0.246 e. The monoisotopic (exact) mass is 345 g/mol. The number of rotatable bonds is 4. The molecule has 0 saturated heterocycles. The number of nitrogens with one attached hydrogen (secondary N) is 1. The zero-order valence-corrected chi connectivity index (χ0v) is 12.2. The van der Waals surface area contributed by atoms with Crippen molar-refractivity contribution in [3.05, 3.63) is 44.3 Å². The third-order valence-corrected chi connectivity index (χ3v) is 4.08. The van der Waals surface area contributed by atoms with Crippen LogP contribution in [-0.2, 0) is 4.79 Å². The molecule has 0 fully saturated rings. The summed E-state index contributed by atoms with van der Waals surface area (Å²) < 4.78 is 0.746. The Hall–Kier alpha value is -1.11. The summed E-state index contributed by atoms with van der Waals surface area (Å²) in [4.78, 5) is 15.5. The predicted octanol–water partition coefficient (Wildman–Crippen LogP) is 3.20. The van der Waals surface area contributed by atoms with Gasteiger partial charge < -0.3 is 11.1 Å². The van der Waals surface area contributed by atoms with Crippen LogP contribution in [0.15, 0.2) is 33.6 Å². The predicted molar refractivity (Wildman–Crippen MR) is 76.8 cm³/mol. The molecule has 2 aromatic rings. The lowest BCUT2D eigenvalue weighted by Crippen LogP contribution is -2.27. The molecule has 1 heterocycles. The molecule has 1 atom stereocenters. The van der Waals surface area contributed by atoms with Crippen LogP contribution < -0.4 is 11.1 Å². The second kappa shape index (κ2) is 5.69. The number of hydrogen-bond donors (Lipinski definition) is 2. The molecule has 4 nitrogen and oxygen atoms in total. The number of benzene rings is 1. The van der Waals surface area contributed by atoms with E-state index in [1.807, 2.05) is 0 Å². The van der Waals surface area contributed by atoms with Crippen molar-refractivity contribution in [3.8, 4) is 0 Å². The van der Waals surface area contributed by atoms with Crippen LogP contribution in [0.25, 0.3) is 0 Å². The van der Waals surface area contributed by atoms with Gasteiger partial charge in [-0.15, -0.1) is 11.3 Å². The Bertz CT molecular complexity index is 561. The highest BCUT2D eigenvalue weighted by Gasteiger charge is 2.19. The van der Waals surface area contributed by atoms with E-state index in [0.717, 1.165) is 10.2 Å². The number of nitrogens with zero attached hydrogens (tertiary/aromatic N) is 1. The molecule has 7 heteroatoms. The summed E-state index contributed by atoms with van der Waals surface area (Å²) in [6, 6.07) is 4.64. The van der Waals surface area contributed by atoms with Gasteiger partial charge in [-0.25, -0.2) is 4.98 Å². The number of primary amides is 1. The van der Waals surface area contributed by atoms with Crippen molar-refractivity contribution in [1.82, 2.24) is 4.98 Å². The van der Waals surface area contributed by atoms with E-state index in [0.29, 0.717) is 10.7 Å². The Kier molecular flexibility index (Phi) is 4.21. The van der Waals surface area contributed by atoms with Gasteiger partial charge >= 0.3 is 0 Å². The van der Waals surface area contributed by atoms with E-state index in [2.05, 4.69) is 26.2 Å². The summed E-state index contributed by atoms with van der Waals surface area (Å²) in [6.45, 7) is 0. The number of hydrogen-bond acceptors (Lipinski definition) is 4. The van der Waals surface area contributed by atoms with Crippen LogP contribution in [-0.4, -0.2) is 10.9 Å². The Morgan fingerprint density at radius 3 is 2.89 bits per heavy atom. The first kappa shape index (κ1) is 13.3.